The SMILES string of the molecule is BCCCCN1C(=O)CC2C3CCc4cc(O)ccc4C3CC[C@]2(C)C1=O. The van der Waals surface area contributed by atoms with Crippen molar-refractivity contribution < 1.29 is 14.7 Å². The van der Waals surface area contributed by atoms with E-state index in [-0.39, 0.29) is 17.7 Å². The lowest BCUT2D eigenvalue weighted by atomic mass is 9.52. The predicted octanol–water partition coefficient (Wildman–Crippen LogP) is 3.05. The Morgan fingerprint density at radius 3 is 2.85 bits per heavy atom. The summed E-state index contributed by atoms with van der Waals surface area (Å²) in [5, 5.41) is 9.81. The first kappa shape index (κ1) is 18.6. The minimum Gasteiger partial charge on any atom is -0.508 e. The van der Waals surface area contributed by atoms with Crippen LogP contribution in [0.15, 0.2) is 18.2 Å². The van der Waals surface area contributed by atoms with Crippen LogP contribution >= 0.6 is 0 Å². The summed E-state index contributed by atoms with van der Waals surface area (Å²) in [5.41, 5.74) is 2.18. The van der Waals surface area contributed by atoms with E-state index in [0.717, 1.165) is 44.8 Å². The molecule has 3 aliphatic rings. The standard InChI is InChI=1S/C22H30BNO3/c1-22-9-8-17-16-7-5-15(25)12-14(16)4-6-18(17)19(22)13-20(26)24(21(22)27)11-3-2-10-23/h5,7,12,17-19,25H,2-4,6,8-11,13,23H2,1H3/t17?,18?,19?,22-/m0/s1. The van der Waals surface area contributed by atoms with Gasteiger partial charge in [0, 0.05) is 13.0 Å². The fraction of sp³-hybridized carbons (Fsp3) is 0.636. The zero-order valence-corrected chi connectivity index (χ0v) is 16.5. The molecule has 27 heavy (non-hydrogen) atoms. The molecule has 1 saturated carbocycles. The maximum absolute atomic E-state index is 13.3. The Labute approximate surface area is 162 Å². The highest BCUT2D eigenvalue weighted by atomic mass is 16.3. The molecule has 2 fully saturated rings. The summed E-state index contributed by atoms with van der Waals surface area (Å²) < 4.78 is 0. The van der Waals surface area contributed by atoms with E-state index in [0.29, 0.717) is 30.6 Å². The van der Waals surface area contributed by atoms with Crippen LogP contribution in [0.2, 0.25) is 6.32 Å². The maximum atomic E-state index is 13.3. The van der Waals surface area contributed by atoms with Crippen LogP contribution in [0, 0.1) is 17.3 Å². The Morgan fingerprint density at radius 2 is 2.07 bits per heavy atom. The normalized spacial score (nSPS) is 32.6. The average Bonchev–Trinajstić information content (AvgIpc) is 2.65. The molecule has 2 aliphatic carbocycles. The van der Waals surface area contributed by atoms with Crippen LogP contribution in [-0.2, 0) is 16.0 Å². The number of likely N-dealkylation sites (tertiary alicyclic amines) is 1. The highest BCUT2D eigenvalue weighted by Crippen LogP contribution is 2.58. The zero-order valence-electron chi connectivity index (χ0n) is 16.5. The van der Waals surface area contributed by atoms with Gasteiger partial charge in [0.2, 0.25) is 11.8 Å². The predicted molar refractivity (Wildman–Crippen MR) is 107 cm³/mol. The maximum Gasteiger partial charge on any atom is 0.235 e. The van der Waals surface area contributed by atoms with Gasteiger partial charge in [0.1, 0.15) is 13.6 Å². The molecule has 0 bridgehead atoms. The fourth-order valence-electron chi connectivity index (χ4n) is 6.00. The Morgan fingerprint density at radius 1 is 1.26 bits per heavy atom. The number of rotatable bonds is 4. The van der Waals surface area contributed by atoms with Crippen molar-refractivity contribution in [1.82, 2.24) is 4.90 Å². The van der Waals surface area contributed by atoms with Gasteiger partial charge in [0.15, 0.2) is 0 Å². The first-order valence-corrected chi connectivity index (χ1v) is 10.6. The summed E-state index contributed by atoms with van der Waals surface area (Å²) in [6.45, 7) is 2.70. The molecule has 1 aliphatic heterocycles. The van der Waals surface area contributed by atoms with Crippen LogP contribution in [0.5, 0.6) is 5.75 Å². The number of hydrogen-bond donors (Lipinski definition) is 1. The number of hydrogen-bond acceptors (Lipinski definition) is 3. The van der Waals surface area contributed by atoms with Crippen molar-refractivity contribution >= 4 is 19.7 Å². The number of imide groups is 1. The van der Waals surface area contributed by atoms with Crippen LogP contribution in [-0.4, -0.2) is 36.2 Å². The second-order valence-corrected chi connectivity index (χ2v) is 9.02. The largest absolute Gasteiger partial charge is 0.508 e. The van der Waals surface area contributed by atoms with Gasteiger partial charge in [-0.3, -0.25) is 14.5 Å². The molecule has 4 rings (SSSR count). The van der Waals surface area contributed by atoms with Gasteiger partial charge in [-0.2, -0.15) is 0 Å². The third-order valence-electron chi connectivity index (χ3n) is 7.51. The van der Waals surface area contributed by atoms with Gasteiger partial charge in [-0.05, 0) is 73.1 Å². The van der Waals surface area contributed by atoms with Gasteiger partial charge >= 0.3 is 0 Å². The number of carbonyl (C=O) groups is 2. The van der Waals surface area contributed by atoms with E-state index >= 15 is 0 Å². The van der Waals surface area contributed by atoms with E-state index in [1.54, 1.807) is 11.0 Å². The van der Waals surface area contributed by atoms with E-state index in [1.165, 1.54) is 11.1 Å². The average molecular weight is 367 g/mol. The number of aryl methyl sites for hydroxylation is 1. The van der Waals surface area contributed by atoms with Gasteiger partial charge in [0.05, 0.1) is 5.41 Å². The molecule has 1 saturated heterocycles. The summed E-state index contributed by atoms with van der Waals surface area (Å²) in [7, 11) is 2.14. The van der Waals surface area contributed by atoms with E-state index in [2.05, 4.69) is 20.8 Å². The summed E-state index contributed by atoms with van der Waals surface area (Å²) in [6.07, 6.45) is 7.38. The molecular formula is C22H30BNO3. The minimum absolute atomic E-state index is 0.0377. The molecule has 4 nitrogen and oxygen atoms in total. The first-order chi connectivity index (χ1) is 13.0. The van der Waals surface area contributed by atoms with Crippen molar-refractivity contribution in [3.63, 3.8) is 0 Å². The number of phenolic OH excluding ortho intramolecular Hbond substituents is 1. The molecule has 4 atom stereocenters. The van der Waals surface area contributed by atoms with E-state index in [4.69, 9.17) is 0 Å². The lowest BCUT2D eigenvalue weighted by Crippen LogP contribution is -2.59. The van der Waals surface area contributed by atoms with Crippen LogP contribution in [0.1, 0.15) is 62.5 Å². The number of unbranched alkanes of at least 4 members (excludes halogenated alkanes) is 1. The van der Waals surface area contributed by atoms with E-state index in [1.807, 2.05) is 6.07 Å². The number of carbonyl (C=O) groups excluding carboxylic acids is 2. The first-order valence-electron chi connectivity index (χ1n) is 10.6. The number of piperidine rings is 1. The number of fused-ring (bicyclic) bond motifs is 5. The number of phenols is 1. The molecule has 0 radical (unpaired) electrons. The molecule has 1 N–H and O–H groups in total. The van der Waals surface area contributed by atoms with Crippen LogP contribution in [0.25, 0.3) is 0 Å². The van der Waals surface area contributed by atoms with E-state index < -0.39 is 5.41 Å². The topological polar surface area (TPSA) is 57.6 Å². The molecular weight excluding hydrogens is 337 g/mol. The molecule has 1 aromatic rings. The third-order valence-corrected chi connectivity index (χ3v) is 7.51. The summed E-state index contributed by atoms with van der Waals surface area (Å²) in [6, 6.07) is 5.74. The summed E-state index contributed by atoms with van der Waals surface area (Å²) >= 11 is 0. The Bertz CT molecular complexity index is 764. The lowest BCUT2D eigenvalue weighted by Gasteiger charge is -2.54. The summed E-state index contributed by atoms with van der Waals surface area (Å²) in [5.74, 6) is 1.41. The fourth-order valence-corrected chi connectivity index (χ4v) is 6.00. The van der Waals surface area contributed by atoms with Gasteiger partial charge < -0.3 is 5.11 Å². The Kier molecular flexibility index (Phi) is 4.81. The molecule has 2 amide bonds. The molecule has 1 aromatic carbocycles. The van der Waals surface area contributed by atoms with Crippen LogP contribution < -0.4 is 0 Å². The smallest absolute Gasteiger partial charge is 0.235 e. The van der Waals surface area contributed by atoms with Gasteiger partial charge in [-0.25, -0.2) is 0 Å². The molecule has 3 unspecified atom stereocenters. The Balaban J connectivity index is 1.59. The zero-order chi connectivity index (χ0) is 19.2. The molecule has 5 heteroatoms. The van der Waals surface area contributed by atoms with Crippen LogP contribution in [0.4, 0.5) is 0 Å². The molecule has 0 spiro atoms. The highest BCUT2D eigenvalue weighted by molar-refractivity contribution is 6.08. The second-order valence-electron chi connectivity index (χ2n) is 9.02. The number of benzene rings is 1. The van der Waals surface area contributed by atoms with Gasteiger partial charge in [0.25, 0.3) is 0 Å². The third kappa shape index (κ3) is 2.99. The van der Waals surface area contributed by atoms with Gasteiger partial charge in [-0.15, -0.1) is 0 Å². The molecule has 144 valence electrons. The van der Waals surface area contributed by atoms with Crippen molar-refractivity contribution in [2.75, 3.05) is 6.54 Å². The number of nitrogens with zero attached hydrogens (tertiary/aromatic N) is 1. The van der Waals surface area contributed by atoms with Crippen molar-refractivity contribution in [3.05, 3.63) is 29.3 Å². The van der Waals surface area contributed by atoms with E-state index in [9.17, 15) is 14.7 Å². The second kappa shape index (κ2) is 6.99. The van der Waals surface area contributed by atoms with Crippen molar-refractivity contribution in [3.8, 4) is 5.75 Å². The summed E-state index contributed by atoms with van der Waals surface area (Å²) in [4.78, 5) is 27.7. The van der Waals surface area contributed by atoms with Crippen LogP contribution in [0.3, 0.4) is 0 Å². The Hall–Kier alpha value is -1.78. The quantitative estimate of drug-likeness (QED) is 0.506. The lowest BCUT2D eigenvalue weighted by molar-refractivity contribution is -0.167. The van der Waals surface area contributed by atoms with Crippen molar-refractivity contribution in [1.29, 1.82) is 0 Å². The number of aromatic hydroxyl groups is 1. The van der Waals surface area contributed by atoms with Gasteiger partial charge in [-0.1, -0.05) is 25.7 Å². The highest BCUT2D eigenvalue weighted by Gasteiger charge is 2.57. The molecule has 0 aromatic heterocycles. The minimum atomic E-state index is -0.393. The van der Waals surface area contributed by atoms with Crippen molar-refractivity contribution in [2.24, 2.45) is 17.3 Å². The molecule has 1 heterocycles. The monoisotopic (exact) mass is 367 g/mol. The van der Waals surface area contributed by atoms with Crippen molar-refractivity contribution in [2.45, 2.75) is 64.1 Å². The number of amides is 2.